The summed E-state index contributed by atoms with van der Waals surface area (Å²) < 4.78 is 4.90. The van der Waals surface area contributed by atoms with Crippen molar-refractivity contribution >= 4 is 55.3 Å². The van der Waals surface area contributed by atoms with Crippen molar-refractivity contribution in [2.24, 2.45) is 9.98 Å². The number of rotatable bonds is 8. The Morgan fingerprint density at radius 2 is 1.01 bits per heavy atom. The molecule has 0 radical (unpaired) electrons. The number of allylic oxidation sites excluding steroid dienone is 3. The molecule has 0 spiro atoms. The maximum absolute atomic E-state index is 5.61. The Hall–Kier alpha value is -9.58. The van der Waals surface area contributed by atoms with E-state index < -0.39 is 6.17 Å². The molecule has 5 heteroatoms. The molecule has 0 saturated heterocycles. The van der Waals surface area contributed by atoms with E-state index in [4.69, 9.17) is 9.98 Å². The summed E-state index contributed by atoms with van der Waals surface area (Å²) >= 11 is 0. The molecule has 77 heavy (non-hydrogen) atoms. The summed E-state index contributed by atoms with van der Waals surface area (Å²) in [5, 5.41) is 8.83. The molecule has 3 heterocycles. The molecule has 0 saturated carbocycles. The molecule has 366 valence electrons. The Kier molecular flexibility index (Phi) is 10.4. The second kappa shape index (κ2) is 17.8. The summed E-state index contributed by atoms with van der Waals surface area (Å²) in [5.41, 5.74) is 21.3. The van der Waals surface area contributed by atoms with E-state index >= 15 is 0 Å². The Morgan fingerprint density at radius 3 is 1.75 bits per heavy atom. The molecular weight excluding hydrogens is 935 g/mol. The first-order valence-electron chi connectivity index (χ1n) is 26.9. The number of aliphatic imine (C=N–C) groups is 2. The van der Waals surface area contributed by atoms with Gasteiger partial charge < -0.3 is 14.5 Å². The van der Waals surface area contributed by atoms with Crippen molar-refractivity contribution < 1.29 is 0 Å². The normalized spacial score (nSPS) is 16.6. The highest BCUT2D eigenvalue weighted by Crippen LogP contribution is 2.54. The maximum Gasteiger partial charge on any atom is 0.159 e. The molecule has 15 rings (SSSR count). The van der Waals surface area contributed by atoms with Gasteiger partial charge in [-0.1, -0.05) is 232 Å². The molecule has 5 nitrogen and oxygen atoms in total. The monoisotopic (exact) mass is 987 g/mol. The van der Waals surface area contributed by atoms with E-state index in [1.165, 1.54) is 77.1 Å². The lowest BCUT2D eigenvalue weighted by atomic mass is 9.77. The molecule has 2 unspecified atom stereocenters. The SMILES string of the molecule is CC1(C)C2=CC=C(C3=NC(c4ccc(-c5ccccc5)cc4)=NC(c4ccccc4-n4c5cc(-c6ccccc6)ccc5c5c(-c6cccc7c6c6ccccc6n7-c6ccccc6)cccc54)N3)CC2c2ccccc21. The van der Waals surface area contributed by atoms with Gasteiger partial charge in [0.25, 0.3) is 0 Å². The van der Waals surface area contributed by atoms with Crippen molar-refractivity contribution in [2.45, 2.75) is 37.8 Å². The van der Waals surface area contributed by atoms with Gasteiger partial charge in [-0.3, -0.25) is 0 Å². The number of fused-ring (bicyclic) bond motifs is 9. The minimum atomic E-state index is -0.466. The first kappa shape index (κ1) is 44.9. The Bertz CT molecular complexity index is 4450. The lowest BCUT2D eigenvalue weighted by Crippen LogP contribution is -2.35. The number of hydrogen-bond donors (Lipinski definition) is 1. The fraction of sp³-hybridized carbons (Fsp3) is 0.0833. The smallest absolute Gasteiger partial charge is 0.159 e. The summed E-state index contributed by atoms with van der Waals surface area (Å²) in [6, 6.07) is 88.1. The van der Waals surface area contributed by atoms with Gasteiger partial charge >= 0.3 is 0 Å². The van der Waals surface area contributed by atoms with Gasteiger partial charge in [-0.2, -0.15) is 0 Å². The molecule has 0 amide bonds. The van der Waals surface area contributed by atoms with Gasteiger partial charge in [0.15, 0.2) is 5.84 Å². The van der Waals surface area contributed by atoms with Crippen molar-refractivity contribution in [3.05, 3.63) is 288 Å². The van der Waals surface area contributed by atoms with Gasteiger partial charge in [0.1, 0.15) is 12.0 Å². The number of nitrogens with zero attached hydrogens (tertiary/aromatic N) is 4. The average molecular weight is 988 g/mol. The van der Waals surface area contributed by atoms with E-state index in [1.54, 1.807) is 0 Å². The Balaban J connectivity index is 0.930. The third kappa shape index (κ3) is 7.22. The van der Waals surface area contributed by atoms with Crippen LogP contribution in [-0.2, 0) is 5.41 Å². The largest absolute Gasteiger partial charge is 0.344 e. The van der Waals surface area contributed by atoms with Crippen LogP contribution >= 0.6 is 0 Å². The van der Waals surface area contributed by atoms with E-state index in [2.05, 4.69) is 283 Å². The summed E-state index contributed by atoms with van der Waals surface area (Å²) in [6.07, 6.45) is 5.07. The molecule has 0 bridgehead atoms. The molecule has 0 fully saturated rings. The second-order valence-electron chi connectivity index (χ2n) is 21.3. The predicted octanol–water partition coefficient (Wildman–Crippen LogP) is 17.7. The van der Waals surface area contributed by atoms with Crippen LogP contribution in [0.2, 0.25) is 0 Å². The van der Waals surface area contributed by atoms with Crippen molar-refractivity contribution in [1.29, 1.82) is 0 Å². The molecule has 1 aliphatic heterocycles. The highest BCUT2D eigenvalue weighted by molar-refractivity contribution is 6.22. The zero-order valence-corrected chi connectivity index (χ0v) is 42.9. The first-order chi connectivity index (χ1) is 38.0. The molecule has 2 aromatic heterocycles. The molecule has 10 aromatic carbocycles. The highest BCUT2D eigenvalue weighted by atomic mass is 15.2. The molecule has 12 aromatic rings. The third-order valence-corrected chi connectivity index (χ3v) is 16.7. The number of nitrogens with one attached hydrogen (secondary N) is 1. The van der Waals surface area contributed by atoms with E-state index in [0.29, 0.717) is 5.84 Å². The van der Waals surface area contributed by atoms with Crippen LogP contribution in [0, 0.1) is 0 Å². The van der Waals surface area contributed by atoms with Crippen LogP contribution in [-0.4, -0.2) is 20.8 Å². The van der Waals surface area contributed by atoms with Crippen molar-refractivity contribution in [1.82, 2.24) is 14.5 Å². The lowest BCUT2D eigenvalue weighted by Gasteiger charge is -2.30. The van der Waals surface area contributed by atoms with Gasteiger partial charge in [0.05, 0.1) is 27.8 Å². The van der Waals surface area contributed by atoms with Crippen LogP contribution in [0.5, 0.6) is 0 Å². The lowest BCUT2D eigenvalue weighted by molar-refractivity contribution is 0.607. The van der Waals surface area contributed by atoms with Gasteiger partial charge in [0.2, 0.25) is 0 Å². The average Bonchev–Trinajstić information content (AvgIpc) is 4.27. The fourth-order valence-corrected chi connectivity index (χ4v) is 13.1. The van der Waals surface area contributed by atoms with Gasteiger partial charge in [-0.05, 0) is 99.0 Å². The van der Waals surface area contributed by atoms with Crippen molar-refractivity contribution in [3.63, 3.8) is 0 Å². The number of aromatic nitrogens is 2. The second-order valence-corrected chi connectivity index (χ2v) is 21.3. The zero-order chi connectivity index (χ0) is 51.2. The van der Waals surface area contributed by atoms with E-state index in [0.717, 1.165) is 56.9 Å². The van der Waals surface area contributed by atoms with Gasteiger partial charge in [-0.15, -0.1) is 0 Å². The number of amidine groups is 2. The third-order valence-electron chi connectivity index (χ3n) is 16.7. The maximum atomic E-state index is 5.61. The molecule has 3 aliphatic rings. The summed E-state index contributed by atoms with van der Waals surface area (Å²) in [6.45, 7) is 4.74. The van der Waals surface area contributed by atoms with E-state index in [-0.39, 0.29) is 11.3 Å². The van der Waals surface area contributed by atoms with Crippen LogP contribution < -0.4 is 5.32 Å². The van der Waals surface area contributed by atoms with E-state index in [9.17, 15) is 0 Å². The quantitative estimate of drug-likeness (QED) is 0.162. The van der Waals surface area contributed by atoms with Gasteiger partial charge in [-0.25, -0.2) is 9.98 Å². The zero-order valence-electron chi connectivity index (χ0n) is 42.9. The molecule has 1 N–H and O–H groups in total. The summed E-state index contributed by atoms with van der Waals surface area (Å²) in [4.78, 5) is 11.1. The fourth-order valence-electron chi connectivity index (χ4n) is 13.1. The van der Waals surface area contributed by atoms with Crippen LogP contribution in [0.4, 0.5) is 0 Å². The topological polar surface area (TPSA) is 46.6 Å². The minimum Gasteiger partial charge on any atom is -0.344 e. The van der Waals surface area contributed by atoms with Crippen molar-refractivity contribution in [2.75, 3.05) is 0 Å². The van der Waals surface area contributed by atoms with Crippen LogP contribution in [0.25, 0.3) is 88.4 Å². The van der Waals surface area contributed by atoms with Crippen LogP contribution in [0.15, 0.2) is 276 Å². The number of benzene rings is 10. The van der Waals surface area contributed by atoms with E-state index in [1.807, 2.05) is 0 Å². The predicted molar refractivity (Wildman–Crippen MR) is 321 cm³/mol. The summed E-state index contributed by atoms with van der Waals surface area (Å²) in [7, 11) is 0. The first-order valence-corrected chi connectivity index (χ1v) is 26.9. The summed E-state index contributed by atoms with van der Waals surface area (Å²) in [5.74, 6) is 1.84. The molecule has 2 aliphatic carbocycles. The van der Waals surface area contributed by atoms with Crippen LogP contribution in [0.1, 0.15) is 54.6 Å². The van der Waals surface area contributed by atoms with Crippen LogP contribution in [0.3, 0.4) is 0 Å². The van der Waals surface area contributed by atoms with Crippen molar-refractivity contribution in [3.8, 4) is 44.8 Å². The number of para-hydroxylation sites is 3. The molecular formula is C72H53N5. The Morgan fingerprint density at radius 1 is 0.455 bits per heavy atom. The van der Waals surface area contributed by atoms with Gasteiger partial charge in [0, 0.05) is 49.7 Å². The Labute approximate surface area is 448 Å². The number of hydrogen-bond acceptors (Lipinski definition) is 3. The standard InChI is InChI=1S/C72H53N5/c1-72(2)60-31-15-12-26-53(60)59-44-51(41-43-61(59)72)70-73-69(49-38-36-48(37-39-49)46-20-6-3-7-21-46)74-71(75-70)58-28-14-17-33-63(58)77-65-35-19-30-55(68(65)57-42-40-50(45-66(57)77)47-22-8-4-9-23-47)54-29-18-34-64-67(54)56-27-13-16-32-62(56)76(64)52-24-10-5-11-25-52/h3-43,45,59,71H,44H2,1-2H3,(H,73,74,75). The minimum absolute atomic E-state index is 0.0458. The molecule has 2 atom stereocenters. The highest BCUT2D eigenvalue weighted by Gasteiger charge is 2.43.